The lowest BCUT2D eigenvalue weighted by Gasteiger charge is -2.58. The van der Waals surface area contributed by atoms with Gasteiger partial charge in [-0.3, -0.25) is 14.1 Å². The molecule has 4 bridgehead atoms. The first-order valence-electron chi connectivity index (χ1n) is 7.50. The van der Waals surface area contributed by atoms with Crippen LogP contribution in [0.15, 0.2) is 0 Å². The lowest BCUT2D eigenvalue weighted by atomic mass is 9.53. The number of hydrogen-bond donors (Lipinski definition) is 1. The summed E-state index contributed by atoms with van der Waals surface area (Å²) in [5.74, 6) is -1.56. The number of esters is 2. The third-order valence-corrected chi connectivity index (χ3v) is 5.66. The van der Waals surface area contributed by atoms with E-state index in [2.05, 4.69) is 0 Å². The summed E-state index contributed by atoms with van der Waals surface area (Å²) in [6, 6.07) is 0. The molecule has 0 aromatic carbocycles. The van der Waals surface area contributed by atoms with Crippen LogP contribution < -0.4 is 0 Å². The van der Waals surface area contributed by atoms with Crippen LogP contribution in [0.25, 0.3) is 0 Å². The van der Waals surface area contributed by atoms with Gasteiger partial charge in [0.05, 0.1) is 0 Å². The first-order chi connectivity index (χ1) is 10.2. The minimum absolute atomic E-state index is 0.0935. The molecule has 0 heterocycles. The van der Waals surface area contributed by atoms with E-state index in [0.29, 0.717) is 18.8 Å². The monoisotopic (exact) mass is 332 g/mol. The first-order valence-corrected chi connectivity index (χ1v) is 9.11. The van der Waals surface area contributed by atoms with E-state index >= 15 is 0 Å². The maximum atomic E-state index is 11.7. The average Bonchev–Trinajstić information content (AvgIpc) is 2.28. The molecule has 124 valence electrons. The van der Waals surface area contributed by atoms with Crippen molar-refractivity contribution in [1.82, 2.24) is 0 Å². The third kappa shape index (κ3) is 3.12. The number of hydrogen-bond acceptors (Lipinski definition) is 6. The van der Waals surface area contributed by atoms with Crippen LogP contribution in [0.5, 0.6) is 0 Å². The molecule has 0 radical (unpaired) electrons. The van der Waals surface area contributed by atoms with Crippen molar-refractivity contribution in [3.05, 3.63) is 0 Å². The Morgan fingerprint density at radius 1 is 1.18 bits per heavy atom. The highest BCUT2D eigenvalue weighted by Gasteiger charge is 2.58. The van der Waals surface area contributed by atoms with E-state index in [1.165, 1.54) is 6.92 Å². The van der Waals surface area contributed by atoms with Crippen LogP contribution >= 0.6 is 0 Å². The summed E-state index contributed by atoms with van der Waals surface area (Å²) >= 11 is 0. The lowest BCUT2D eigenvalue weighted by molar-refractivity contribution is -0.213. The predicted molar refractivity (Wildman–Crippen MR) is 74.3 cm³/mol. The van der Waals surface area contributed by atoms with Crippen molar-refractivity contribution in [3.8, 4) is 0 Å². The Balaban J connectivity index is 1.70. The van der Waals surface area contributed by atoms with Gasteiger partial charge in [0.1, 0.15) is 11.7 Å². The Labute approximate surface area is 129 Å². The highest BCUT2D eigenvalue weighted by Crippen LogP contribution is 2.58. The second-order valence-electron chi connectivity index (χ2n) is 6.93. The van der Waals surface area contributed by atoms with Gasteiger partial charge in [-0.25, -0.2) is 0 Å². The number of ether oxygens (including phenoxy) is 2. The molecule has 7 nitrogen and oxygen atoms in total. The van der Waals surface area contributed by atoms with Crippen LogP contribution in [0.4, 0.5) is 0 Å². The van der Waals surface area contributed by atoms with Gasteiger partial charge in [0.15, 0.2) is 5.75 Å². The van der Waals surface area contributed by atoms with Crippen molar-refractivity contribution in [2.75, 3.05) is 5.75 Å². The molecule has 0 aliphatic heterocycles. The van der Waals surface area contributed by atoms with Gasteiger partial charge in [-0.15, -0.1) is 0 Å². The van der Waals surface area contributed by atoms with Crippen LogP contribution in [-0.4, -0.2) is 42.4 Å². The van der Waals surface area contributed by atoms with Gasteiger partial charge in [-0.1, -0.05) is 0 Å². The Morgan fingerprint density at radius 3 is 2.27 bits per heavy atom. The van der Waals surface area contributed by atoms with Crippen LogP contribution in [0.1, 0.15) is 39.0 Å². The fraction of sp³-hybridized carbons (Fsp3) is 0.857. The summed E-state index contributed by atoms with van der Waals surface area (Å²) < 4.78 is 41.1. The van der Waals surface area contributed by atoms with Gasteiger partial charge in [-0.2, -0.15) is 8.42 Å². The van der Waals surface area contributed by atoms with Crippen molar-refractivity contribution < 1.29 is 32.0 Å². The molecule has 0 spiro atoms. The van der Waals surface area contributed by atoms with E-state index in [0.717, 1.165) is 19.3 Å². The van der Waals surface area contributed by atoms with E-state index in [4.69, 9.17) is 14.0 Å². The summed E-state index contributed by atoms with van der Waals surface area (Å²) in [6.07, 6.45) is 3.65. The minimum atomic E-state index is -4.37. The molecule has 4 fully saturated rings. The van der Waals surface area contributed by atoms with Gasteiger partial charge in [0.25, 0.3) is 10.1 Å². The zero-order valence-electron chi connectivity index (χ0n) is 12.4. The van der Waals surface area contributed by atoms with E-state index in [-0.39, 0.29) is 23.9 Å². The summed E-state index contributed by atoms with van der Waals surface area (Å²) in [7, 11) is -4.37. The summed E-state index contributed by atoms with van der Waals surface area (Å²) in [5.41, 5.74) is -0.436. The normalized spacial score (nSPS) is 39.5. The van der Waals surface area contributed by atoms with Crippen molar-refractivity contribution in [2.45, 2.75) is 50.7 Å². The van der Waals surface area contributed by atoms with Crippen LogP contribution in [-0.2, 0) is 29.2 Å². The average molecular weight is 332 g/mol. The van der Waals surface area contributed by atoms with E-state index in [1.54, 1.807) is 0 Å². The molecular formula is C14H20O7S. The molecule has 4 aliphatic carbocycles. The quantitative estimate of drug-likeness (QED) is 0.602. The summed E-state index contributed by atoms with van der Waals surface area (Å²) in [4.78, 5) is 23.0. The standard InChI is InChI=1S/C14H20O7S/c1-8(15)21-14-4-9-2-10(5-14)13(11(3-9)6-14)20-12(16)7-22(17,18)19/h9-11,13H,2-7H2,1H3,(H,17,18,19). The fourth-order valence-corrected chi connectivity index (χ4v) is 5.23. The second-order valence-corrected chi connectivity index (χ2v) is 8.38. The Hall–Kier alpha value is -1.15. The highest BCUT2D eigenvalue weighted by atomic mass is 32.2. The summed E-state index contributed by atoms with van der Waals surface area (Å²) in [5, 5.41) is 0. The Bertz CT molecular complexity index is 580. The Kier molecular flexibility index (Phi) is 3.71. The smallest absolute Gasteiger partial charge is 0.323 e. The first kappa shape index (κ1) is 15.7. The number of carbonyl (C=O) groups is 2. The molecular weight excluding hydrogens is 312 g/mol. The molecule has 22 heavy (non-hydrogen) atoms. The van der Waals surface area contributed by atoms with Crippen molar-refractivity contribution >= 4 is 22.1 Å². The van der Waals surface area contributed by atoms with Crippen LogP contribution in [0.3, 0.4) is 0 Å². The SMILES string of the molecule is CC(=O)OC12CC3CC(C1)C(OC(=O)CS(=O)(=O)O)C(C3)C2. The number of carbonyl (C=O) groups excluding carboxylic acids is 2. The minimum Gasteiger partial charge on any atom is -0.461 e. The van der Waals surface area contributed by atoms with Gasteiger partial charge < -0.3 is 9.47 Å². The zero-order chi connectivity index (χ0) is 16.1. The molecule has 0 amide bonds. The highest BCUT2D eigenvalue weighted by molar-refractivity contribution is 7.86. The van der Waals surface area contributed by atoms with Crippen molar-refractivity contribution in [3.63, 3.8) is 0 Å². The molecule has 8 heteroatoms. The lowest BCUT2D eigenvalue weighted by Crippen LogP contribution is -2.59. The maximum Gasteiger partial charge on any atom is 0.323 e. The van der Waals surface area contributed by atoms with Crippen molar-refractivity contribution in [1.29, 1.82) is 0 Å². The van der Waals surface area contributed by atoms with Gasteiger partial charge in [-0.05, 0) is 38.0 Å². The van der Waals surface area contributed by atoms with Crippen LogP contribution in [0, 0.1) is 17.8 Å². The van der Waals surface area contributed by atoms with Gasteiger partial charge in [0.2, 0.25) is 0 Å². The molecule has 1 N–H and O–H groups in total. The fourth-order valence-electron chi connectivity index (χ4n) is 4.86. The molecule has 0 aromatic rings. The Morgan fingerprint density at radius 2 is 1.77 bits per heavy atom. The third-order valence-electron chi connectivity index (χ3n) is 5.06. The molecule has 4 aliphatic rings. The van der Waals surface area contributed by atoms with E-state index in [9.17, 15) is 18.0 Å². The topological polar surface area (TPSA) is 107 Å². The van der Waals surface area contributed by atoms with E-state index < -0.39 is 27.4 Å². The summed E-state index contributed by atoms with van der Waals surface area (Å²) in [6.45, 7) is 1.40. The van der Waals surface area contributed by atoms with Gasteiger partial charge in [0, 0.05) is 18.8 Å². The molecule has 2 unspecified atom stereocenters. The second kappa shape index (κ2) is 5.19. The van der Waals surface area contributed by atoms with Crippen LogP contribution in [0.2, 0.25) is 0 Å². The number of rotatable bonds is 4. The molecule has 0 aromatic heterocycles. The largest absolute Gasteiger partial charge is 0.461 e. The molecule has 4 rings (SSSR count). The van der Waals surface area contributed by atoms with Crippen molar-refractivity contribution in [2.24, 2.45) is 17.8 Å². The molecule has 2 atom stereocenters. The molecule has 0 saturated heterocycles. The maximum absolute atomic E-state index is 11.7. The predicted octanol–water partition coefficient (Wildman–Crippen LogP) is 0.928. The zero-order valence-corrected chi connectivity index (χ0v) is 13.2. The molecule has 4 saturated carbocycles. The van der Waals surface area contributed by atoms with E-state index in [1.807, 2.05) is 0 Å². The van der Waals surface area contributed by atoms with Gasteiger partial charge >= 0.3 is 11.9 Å².